The first-order valence-electron chi connectivity index (χ1n) is 10.3. The second-order valence-electron chi connectivity index (χ2n) is 7.70. The van der Waals surface area contributed by atoms with Crippen LogP contribution in [0.2, 0.25) is 0 Å². The number of aliphatic imine (C=N–C) groups is 1. The Morgan fingerprint density at radius 1 is 1.29 bits per heavy atom. The Kier molecular flexibility index (Phi) is 6.67. The zero-order valence-corrected chi connectivity index (χ0v) is 19.1. The SMILES string of the molecule is COc1ccc(Cn2ncc3cc(/C=C4\SC(=NC[C@H](C)O)NC4=O)ccc32)c(C(F)(F)F)c1. The maximum Gasteiger partial charge on any atom is 0.416 e. The Hall–Kier alpha value is -3.31. The quantitative estimate of drug-likeness (QED) is 0.509. The molecule has 2 N–H and O–H groups in total. The summed E-state index contributed by atoms with van der Waals surface area (Å²) in [6.07, 6.45) is -1.86. The average molecular weight is 491 g/mol. The number of nitrogens with one attached hydrogen (secondary N) is 1. The van der Waals surface area contributed by atoms with Gasteiger partial charge in [-0.3, -0.25) is 14.5 Å². The number of aromatic nitrogens is 2. The van der Waals surface area contributed by atoms with E-state index in [1.807, 2.05) is 6.07 Å². The van der Waals surface area contributed by atoms with Gasteiger partial charge in [0, 0.05) is 5.39 Å². The topological polar surface area (TPSA) is 88.7 Å². The predicted molar refractivity (Wildman–Crippen MR) is 125 cm³/mol. The van der Waals surface area contributed by atoms with E-state index < -0.39 is 17.8 Å². The monoisotopic (exact) mass is 490 g/mol. The number of hydrogen-bond donors (Lipinski definition) is 2. The van der Waals surface area contributed by atoms with Gasteiger partial charge in [0.25, 0.3) is 5.91 Å². The third-order valence-corrected chi connectivity index (χ3v) is 6.00. The van der Waals surface area contributed by atoms with Crippen molar-refractivity contribution in [3.63, 3.8) is 0 Å². The molecule has 1 amide bonds. The predicted octanol–water partition coefficient (Wildman–Crippen LogP) is 4.05. The number of alkyl halides is 3. The highest BCUT2D eigenvalue weighted by atomic mass is 32.2. The van der Waals surface area contributed by atoms with E-state index in [0.29, 0.717) is 15.6 Å². The van der Waals surface area contributed by atoms with Gasteiger partial charge in [-0.05, 0) is 60.2 Å². The van der Waals surface area contributed by atoms with E-state index >= 15 is 0 Å². The molecular weight excluding hydrogens is 469 g/mol. The van der Waals surface area contributed by atoms with Crippen LogP contribution in [0.1, 0.15) is 23.6 Å². The summed E-state index contributed by atoms with van der Waals surface area (Å²) in [6.45, 7) is 1.73. The minimum atomic E-state index is -4.52. The van der Waals surface area contributed by atoms with Crippen molar-refractivity contribution in [3.8, 4) is 5.75 Å². The summed E-state index contributed by atoms with van der Waals surface area (Å²) in [6, 6.07) is 9.19. The Morgan fingerprint density at radius 2 is 2.09 bits per heavy atom. The minimum Gasteiger partial charge on any atom is -0.497 e. The van der Waals surface area contributed by atoms with Gasteiger partial charge >= 0.3 is 6.18 Å². The highest BCUT2D eigenvalue weighted by Crippen LogP contribution is 2.35. The molecule has 1 atom stereocenters. The lowest BCUT2D eigenvalue weighted by Gasteiger charge is -2.14. The summed E-state index contributed by atoms with van der Waals surface area (Å²) in [4.78, 5) is 16.8. The molecule has 1 saturated heterocycles. The van der Waals surface area contributed by atoms with Crippen molar-refractivity contribution in [1.82, 2.24) is 15.1 Å². The fourth-order valence-electron chi connectivity index (χ4n) is 3.43. The summed E-state index contributed by atoms with van der Waals surface area (Å²) in [5.74, 6) is -0.156. The van der Waals surface area contributed by atoms with Crippen LogP contribution in [0.15, 0.2) is 52.5 Å². The van der Waals surface area contributed by atoms with Crippen molar-refractivity contribution in [2.75, 3.05) is 13.7 Å². The number of rotatable bonds is 6. The van der Waals surface area contributed by atoms with Crippen LogP contribution in [-0.2, 0) is 17.5 Å². The molecule has 178 valence electrons. The van der Waals surface area contributed by atoms with Gasteiger partial charge in [-0.15, -0.1) is 0 Å². The van der Waals surface area contributed by atoms with Crippen LogP contribution in [0.4, 0.5) is 13.2 Å². The molecule has 11 heteroatoms. The Morgan fingerprint density at radius 3 is 2.79 bits per heavy atom. The normalized spacial score (nSPS) is 17.5. The Balaban J connectivity index is 1.59. The molecule has 0 aliphatic carbocycles. The lowest BCUT2D eigenvalue weighted by Crippen LogP contribution is -2.21. The van der Waals surface area contributed by atoms with E-state index in [4.69, 9.17) is 4.74 Å². The van der Waals surface area contributed by atoms with E-state index in [1.165, 1.54) is 35.7 Å². The molecule has 3 aromatic rings. The van der Waals surface area contributed by atoms with Crippen LogP contribution in [0, 0.1) is 0 Å². The average Bonchev–Trinajstić information content (AvgIpc) is 3.34. The molecule has 1 fully saturated rings. The van der Waals surface area contributed by atoms with Gasteiger partial charge in [0.1, 0.15) is 5.75 Å². The number of ether oxygens (including phenoxy) is 1. The van der Waals surface area contributed by atoms with Gasteiger partial charge in [-0.25, -0.2) is 0 Å². The van der Waals surface area contributed by atoms with Gasteiger partial charge < -0.3 is 15.2 Å². The minimum absolute atomic E-state index is 0.0653. The number of halogens is 3. The van der Waals surface area contributed by atoms with Gasteiger partial charge in [0.2, 0.25) is 0 Å². The molecule has 0 bridgehead atoms. The number of benzene rings is 2. The number of nitrogens with zero attached hydrogens (tertiary/aromatic N) is 3. The third kappa shape index (κ3) is 5.26. The first-order chi connectivity index (χ1) is 16.1. The number of amidine groups is 1. The lowest BCUT2D eigenvalue weighted by atomic mass is 10.1. The lowest BCUT2D eigenvalue weighted by molar-refractivity contribution is -0.138. The summed E-state index contributed by atoms with van der Waals surface area (Å²) in [5, 5.41) is 17.4. The van der Waals surface area contributed by atoms with Crippen LogP contribution in [0.25, 0.3) is 17.0 Å². The number of fused-ring (bicyclic) bond motifs is 1. The molecule has 2 aromatic carbocycles. The van der Waals surface area contributed by atoms with Crippen molar-refractivity contribution < 1.29 is 27.8 Å². The number of amides is 1. The van der Waals surface area contributed by atoms with Crippen LogP contribution in [-0.4, -0.2) is 45.7 Å². The fraction of sp³-hybridized carbons (Fsp3) is 0.261. The summed E-state index contributed by atoms with van der Waals surface area (Å²) >= 11 is 1.18. The molecule has 4 rings (SSSR count). The molecule has 0 saturated carbocycles. The van der Waals surface area contributed by atoms with Gasteiger partial charge in [-0.1, -0.05) is 12.1 Å². The van der Waals surface area contributed by atoms with E-state index in [0.717, 1.165) is 17.0 Å². The standard InChI is InChI=1S/C23H21F3N4O3S/c1-13(31)10-27-22-29-21(32)20(34-22)8-14-3-6-19-16(7-14)11-28-30(19)12-15-4-5-17(33-2)9-18(15)23(24,25)26/h3-9,11,13,31H,10,12H2,1-2H3,(H,27,29,32)/b20-8-/t13-/m0/s1. The van der Waals surface area contributed by atoms with Crippen LogP contribution >= 0.6 is 11.8 Å². The highest BCUT2D eigenvalue weighted by Gasteiger charge is 2.34. The summed E-state index contributed by atoms with van der Waals surface area (Å²) in [7, 11) is 1.32. The molecule has 34 heavy (non-hydrogen) atoms. The molecule has 7 nitrogen and oxygen atoms in total. The van der Waals surface area contributed by atoms with Crippen LogP contribution < -0.4 is 10.1 Å². The molecule has 1 aliphatic heterocycles. The number of hydrogen-bond acceptors (Lipinski definition) is 6. The van der Waals surface area contributed by atoms with Crippen LogP contribution in [0.3, 0.4) is 0 Å². The molecule has 0 radical (unpaired) electrons. The third-order valence-electron chi connectivity index (χ3n) is 5.06. The summed E-state index contributed by atoms with van der Waals surface area (Å²) < 4.78 is 47.1. The zero-order valence-electron chi connectivity index (χ0n) is 18.3. The number of aliphatic hydroxyl groups excluding tert-OH is 1. The van der Waals surface area contributed by atoms with Crippen molar-refractivity contribution in [3.05, 3.63) is 64.2 Å². The van der Waals surface area contributed by atoms with Gasteiger partial charge in [-0.2, -0.15) is 18.3 Å². The zero-order chi connectivity index (χ0) is 24.5. The van der Waals surface area contributed by atoms with Crippen molar-refractivity contribution >= 4 is 39.8 Å². The first-order valence-corrected chi connectivity index (χ1v) is 11.1. The molecule has 2 heterocycles. The number of carbonyl (C=O) groups excluding carboxylic acids is 1. The fourth-order valence-corrected chi connectivity index (χ4v) is 4.26. The van der Waals surface area contributed by atoms with Crippen LogP contribution in [0.5, 0.6) is 5.75 Å². The van der Waals surface area contributed by atoms with E-state index in [9.17, 15) is 23.1 Å². The van der Waals surface area contributed by atoms with E-state index in [2.05, 4.69) is 15.4 Å². The summed E-state index contributed by atoms with van der Waals surface area (Å²) in [5.41, 5.74) is 0.706. The second kappa shape index (κ2) is 9.51. The Labute approximate surface area is 197 Å². The first kappa shape index (κ1) is 23.8. The highest BCUT2D eigenvalue weighted by molar-refractivity contribution is 8.18. The van der Waals surface area contributed by atoms with Crippen molar-refractivity contribution in [2.45, 2.75) is 25.7 Å². The van der Waals surface area contributed by atoms with Gasteiger partial charge in [0.15, 0.2) is 5.17 Å². The van der Waals surface area contributed by atoms with Gasteiger partial charge in [0.05, 0.1) is 48.5 Å². The number of aliphatic hydroxyl groups is 1. The molecule has 0 unspecified atom stereocenters. The van der Waals surface area contributed by atoms with Crippen molar-refractivity contribution in [1.29, 1.82) is 0 Å². The van der Waals surface area contributed by atoms with E-state index in [-0.39, 0.29) is 30.3 Å². The molecule has 1 aromatic heterocycles. The number of methoxy groups -OCH3 is 1. The molecule has 0 spiro atoms. The smallest absolute Gasteiger partial charge is 0.416 e. The van der Waals surface area contributed by atoms with E-state index in [1.54, 1.807) is 31.3 Å². The molecule has 1 aliphatic rings. The molecular formula is C23H21F3N4O3S. The Bertz CT molecular complexity index is 1300. The van der Waals surface area contributed by atoms with Crippen molar-refractivity contribution in [2.24, 2.45) is 4.99 Å². The number of carbonyl (C=O) groups is 1. The maximum absolute atomic E-state index is 13.6. The number of thioether (sulfide) groups is 1. The largest absolute Gasteiger partial charge is 0.497 e. The maximum atomic E-state index is 13.6. The second-order valence-corrected chi connectivity index (χ2v) is 8.73.